The van der Waals surface area contributed by atoms with Crippen molar-refractivity contribution in [1.82, 2.24) is 15.1 Å². The molecule has 2 fully saturated rings. The van der Waals surface area contributed by atoms with E-state index in [1.165, 1.54) is 11.3 Å². The molecule has 4 aromatic rings. The number of ether oxygens (including phenoxy) is 2. The Hall–Kier alpha value is -3.50. The fraction of sp³-hybridized carbons (Fsp3) is 0.276. The number of carbonyl (C=O) groups is 2. The van der Waals surface area contributed by atoms with Crippen molar-refractivity contribution in [2.75, 3.05) is 31.6 Å². The summed E-state index contributed by atoms with van der Waals surface area (Å²) in [5.74, 6) is -0.813. The maximum Gasteiger partial charge on any atom is 0.266 e. The zero-order valence-electron chi connectivity index (χ0n) is 21.4. The van der Waals surface area contributed by atoms with Gasteiger partial charge in [-0.05, 0) is 53.8 Å². The van der Waals surface area contributed by atoms with E-state index < -0.39 is 5.79 Å². The number of benzene rings is 2. The molecule has 2 amide bonds. The molecule has 2 N–H and O–H groups in total. The van der Waals surface area contributed by atoms with Gasteiger partial charge in [0.2, 0.25) is 0 Å². The normalized spacial score (nSPS) is 16.6. The molecule has 4 heterocycles. The lowest BCUT2D eigenvalue weighted by atomic mass is 10.0. The van der Waals surface area contributed by atoms with E-state index in [9.17, 15) is 9.59 Å². The minimum absolute atomic E-state index is 0. The van der Waals surface area contributed by atoms with Crippen LogP contribution in [-0.2, 0) is 9.47 Å². The van der Waals surface area contributed by atoms with E-state index in [0.29, 0.717) is 55.3 Å². The number of carbonyl (C=O) groups excluding carboxylic acids is 2. The van der Waals surface area contributed by atoms with Crippen LogP contribution < -0.4 is 5.32 Å². The van der Waals surface area contributed by atoms with E-state index in [1.54, 1.807) is 6.07 Å². The van der Waals surface area contributed by atoms with E-state index in [4.69, 9.17) is 9.47 Å². The molecule has 2 saturated heterocycles. The standard InChI is InChI=1S/C29H28N4O4S.ClH/c1-19-10-17-38-26(19)27(34)30-25-18-21(28(35)33-13-11-29(12-14-33)36-15-16-37-29)7-6-20(25)8-9-24-22-4-2-3-5-23(22)31-32-24;/h2-10,17-18H,11-16H2,1H3,(H,30,34)(H,31,32);1H/b9-8+;. The first kappa shape index (κ1) is 27.1. The number of piperidine rings is 1. The van der Waals surface area contributed by atoms with Crippen LogP contribution in [0, 0.1) is 6.92 Å². The summed E-state index contributed by atoms with van der Waals surface area (Å²) in [6.45, 7) is 4.23. The number of hydrogen-bond acceptors (Lipinski definition) is 6. The van der Waals surface area contributed by atoms with Crippen LogP contribution in [0.1, 0.15) is 49.7 Å². The number of likely N-dealkylation sites (tertiary alicyclic amines) is 1. The SMILES string of the molecule is Cc1ccsc1C(=O)Nc1cc(C(=O)N2CCC3(CC2)OCCO3)ccc1/C=C/c1n[nH]c2ccccc12.Cl. The summed E-state index contributed by atoms with van der Waals surface area (Å²) in [7, 11) is 0. The molecule has 8 nitrogen and oxygen atoms in total. The molecule has 1 spiro atoms. The number of nitrogens with one attached hydrogen (secondary N) is 2. The molecule has 10 heteroatoms. The largest absolute Gasteiger partial charge is 0.347 e. The third kappa shape index (κ3) is 5.49. The maximum atomic E-state index is 13.4. The van der Waals surface area contributed by atoms with Crippen LogP contribution in [0.2, 0.25) is 0 Å². The minimum Gasteiger partial charge on any atom is -0.347 e. The van der Waals surface area contributed by atoms with Crippen molar-refractivity contribution in [3.8, 4) is 0 Å². The summed E-state index contributed by atoms with van der Waals surface area (Å²) in [6.07, 6.45) is 5.12. The molecule has 2 aromatic heterocycles. The molecule has 6 rings (SSSR count). The fourth-order valence-electron chi connectivity index (χ4n) is 5.03. The van der Waals surface area contributed by atoms with Crippen molar-refractivity contribution < 1.29 is 19.1 Å². The Morgan fingerprint density at radius 1 is 1.08 bits per heavy atom. The second kappa shape index (κ2) is 11.3. The molecule has 0 aliphatic carbocycles. The number of hydrogen-bond donors (Lipinski definition) is 2. The van der Waals surface area contributed by atoms with Crippen LogP contribution >= 0.6 is 23.7 Å². The molecule has 2 aromatic carbocycles. The van der Waals surface area contributed by atoms with Gasteiger partial charge in [0.15, 0.2) is 5.79 Å². The molecule has 202 valence electrons. The van der Waals surface area contributed by atoms with Gasteiger partial charge in [-0.25, -0.2) is 0 Å². The van der Waals surface area contributed by atoms with Gasteiger partial charge in [-0.1, -0.05) is 30.3 Å². The number of nitrogens with zero attached hydrogens (tertiary/aromatic N) is 2. The highest BCUT2D eigenvalue weighted by atomic mass is 35.5. The van der Waals surface area contributed by atoms with Crippen LogP contribution in [0.15, 0.2) is 53.9 Å². The average Bonchev–Trinajstić information content (AvgIpc) is 3.68. The number of para-hydroxylation sites is 1. The second-order valence-corrected chi connectivity index (χ2v) is 10.5. The summed E-state index contributed by atoms with van der Waals surface area (Å²) in [5.41, 5.74) is 4.53. The highest BCUT2D eigenvalue weighted by Gasteiger charge is 2.40. The van der Waals surface area contributed by atoms with Crippen molar-refractivity contribution in [2.45, 2.75) is 25.6 Å². The predicted molar refractivity (Wildman–Crippen MR) is 155 cm³/mol. The summed E-state index contributed by atoms with van der Waals surface area (Å²) >= 11 is 1.39. The minimum atomic E-state index is -0.542. The predicted octanol–water partition coefficient (Wildman–Crippen LogP) is 5.76. The van der Waals surface area contributed by atoms with Gasteiger partial charge in [0.05, 0.1) is 29.3 Å². The van der Waals surface area contributed by atoms with E-state index in [-0.39, 0.29) is 24.2 Å². The number of aromatic nitrogens is 2. The maximum absolute atomic E-state index is 13.4. The third-order valence-corrected chi connectivity index (χ3v) is 8.18. The van der Waals surface area contributed by atoms with E-state index in [1.807, 2.05) is 71.8 Å². The van der Waals surface area contributed by atoms with Crippen LogP contribution in [0.25, 0.3) is 23.1 Å². The lowest BCUT2D eigenvalue weighted by molar-refractivity contribution is -0.181. The van der Waals surface area contributed by atoms with Gasteiger partial charge in [0, 0.05) is 42.6 Å². The number of thiophene rings is 1. The van der Waals surface area contributed by atoms with Gasteiger partial charge in [0.1, 0.15) is 0 Å². The van der Waals surface area contributed by atoms with Gasteiger partial charge < -0.3 is 19.7 Å². The number of aryl methyl sites for hydroxylation is 1. The van der Waals surface area contributed by atoms with Crippen molar-refractivity contribution in [3.63, 3.8) is 0 Å². The number of halogens is 1. The smallest absolute Gasteiger partial charge is 0.266 e. The van der Waals surface area contributed by atoms with Gasteiger partial charge in [-0.15, -0.1) is 23.7 Å². The van der Waals surface area contributed by atoms with Crippen molar-refractivity contribution in [2.24, 2.45) is 0 Å². The van der Waals surface area contributed by atoms with E-state index in [0.717, 1.165) is 27.7 Å². The number of H-pyrrole nitrogens is 1. The van der Waals surface area contributed by atoms with Crippen LogP contribution in [0.4, 0.5) is 5.69 Å². The Bertz CT molecular complexity index is 1530. The molecular weight excluding hydrogens is 536 g/mol. The molecule has 39 heavy (non-hydrogen) atoms. The van der Waals surface area contributed by atoms with Gasteiger partial charge >= 0.3 is 0 Å². The lowest BCUT2D eigenvalue weighted by Gasteiger charge is -2.37. The Morgan fingerprint density at radius 3 is 2.59 bits per heavy atom. The number of rotatable bonds is 5. The average molecular weight is 565 g/mol. The molecular formula is C29H29ClN4O4S. The van der Waals surface area contributed by atoms with Crippen molar-refractivity contribution in [3.05, 3.63) is 81.2 Å². The molecule has 0 radical (unpaired) electrons. The molecule has 0 bridgehead atoms. The number of anilines is 1. The first-order valence-electron chi connectivity index (χ1n) is 12.7. The number of fused-ring (bicyclic) bond motifs is 1. The molecule has 2 aliphatic rings. The summed E-state index contributed by atoms with van der Waals surface area (Å²) in [4.78, 5) is 29.0. The molecule has 0 unspecified atom stereocenters. The fourth-order valence-corrected chi connectivity index (χ4v) is 5.85. The molecule has 0 atom stereocenters. The second-order valence-electron chi connectivity index (χ2n) is 9.58. The molecule has 2 aliphatic heterocycles. The Labute approximate surface area is 236 Å². The Balaban J connectivity index is 0.00000308. The molecule has 0 saturated carbocycles. The van der Waals surface area contributed by atoms with Crippen LogP contribution in [-0.4, -0.2) is 59.0 Å². The summed E-state index contributed by atoms with van der Waals surface area (Å²) in [6, 6.07) is 15.3. The Morgan fingerprint density at radius 2 is 1.85 bits per heavy atom. The monoisotopic (exact) mass is 564 g/mol. The van der Waals surface area contributed by atoms with Gasteiger partial charge in [0.25, 0.3) is 11.8 Å². The Kier molecular flexibility index (Phi) is 7.86. The topological polar surface area (TPSA) is 96.6 Å². The lowest BCUT2D eigenvalue weighted by Crippen LogP contribution is -2.47. The van der Waals surface area contributed by atoms with E-state index in [2.05, 4.69) is 15.5 Å². The quantitative estimate of drug-likeness (QED) is 0.321. The zero-order chi connectivity index (χ0) is 26.1. The first-order chi connectivity index (χ1) is 18.5. The highest BCUT2D eigenvalue weighted by molar-refractivity contribution is 7.12. The zero-order valence-corrected chi connectivity index (χ0v) is 23.1. The highest BCUT2D eigenvalue weighted by Crippen LogP contribution is 2.32. The first-order valence-corrected chi connectivity index (χ1v) is 13.6. The van der Waals surface area contributed by atoms with E-state index >= 15 is 0 Å². The van der Waals surface area contributed by atoms with Crippen LogP contribution in [0.5, 0.6) is 0 Å². The summed E-state index contributed by atoms with van der Waals surface area (Å²) in [5, 5.41) is 13.4. The summed E-state index contributed by atoms with van der Waals surface area (Å²) < 4.78 is 11.6. The van der Waals surface area contributed by atoms with Crippen LogP contribution in [0.3, 0.4) is 0 Å². The number of aromatic amines is 1. The van der Waals surface area contributed by atoms with Crippen molar-refractivity contribution in [1.29, 1.82) is 0 Å². The van der Waals surface area contributed by atoms with Crippen molar-refractivity contribution >= 4 is 64.3 Å². The van der Waals surface area contributed by atoms with Gasteiger partial charge in [-0.3, -0.25) is 14.7 Å². The third-order valence-electron chi connectivity index (χ3n) is 7.16. The van der Waals surface area contributed by atoms with Gasteiger partial charge in [-0.2, -0.15) is 5.10 Å². The number of amides is 2.